The first-order valence-electron chi connectivity index (χ1n) is 21.4. The average molecular weight is 836 g/mol. The van der Waals surface area contributed by atoms with Crippen LogP contribution in [0, 0.1) is 0 Å². The second kappa shape index (κ2) is 13.6. The van der Waals surface area contributed by atoms with E-state index in [1.54, 1.807) is 11.3 Å². The van der Waals surface area contributed by atoms with Crippen molar-refractivity contribution in [1.29, 1.82) is 0 Å². The van der Waals surface area contributed by atoms with Gasteiger partial charge < -0.3 is 13.6 Å². The third-order valence-electron chi connectivity index (χ3n) is 12.8. The molecule has 6 nitrogen and oxygen atoms in total. The van der Waals surface area contributed by atoms with Crippen LogP contribution in [0.1, 0.15) is 0 Å². The van der Waals surface area contributed by atoms with Gasteiger partial charge in [0.05, 0.1) is 27.8 Å². The zero-order chi connectivity index (χ0) is 41.9. The van der Waals surface area contributed by atoms with Crippen molar-refractivity contribution in [3.05, 3.63) is 200 Å². The van der Waals surface area contributed by atoms with Gasteiger partial charge in [0.1, 0.15) is 11.2 Å². The molecular weight excluding hydrogens is 803 g/mol. The molecule has 0 radical (unpaired) electrons. The molecule has 7 heteroatoms. The van der Waals surface area contributed by atoms with E-state index in [0.29, 0.717) is 17.5 Å². The minimum atomic E-state index is 0.599. The van der Waals surface area contributed by atoms with Gasteiger partial charge in [0.25, 0.3) is 0 Å². The van der Waals surface area contributed by atoms with E-state index < -0.39 is 0 Å². The second-order valence-corrected chi connectivity index (χ2v) is 17.5. The highest BCUT2D eigenvalue weighted by molar-refractivity contribution is 7.25. The van der Waals surface area contributed by atoms with Crippen LogP contribution in [0.3, 0.4) is 0 Å². The van der Waals surface area contributed by atoms with E-state index in [0.717, 1.165) is 71.9 Å². The lowest BCUT2D eigenvalue weighted by Crippen LogP contribution is -2.01. The molecule has 0 amide bonds. The normalized spacial score (nSPS) is 12.1. The number of fused-ring (bicyclic) bond motifs is 12. The maximum atomic E-state index is 6.23. The summed E-state index contributed by atoms with van der Waals surface area (Å²) in [5, 5.41) is 9.32. The molecule has 0 bridgehead atoms. The number of hydrogen-bond acceptors (Lipinski definition) is 5. The summed E-state index contributed by atoms with van der Waals surface area (Å²) in [6.45, 7) is 0. The molecule has 0 spiro atoms. The average Bonchev–Trinajstić information content (AvgIpc) is 4.11. The summed E-state index contributed by atoms with van der Waals surface area (Å²) >= 11 is 1.79. The van der Waals surface area contributed by atoms with Crippen LogP contribution in [0.4, 0.5) is 0 Å². The van der Waals surface area contributed by atoms with Crippen LogP contribution >= 0.6 is 11.3 Å². The van der Waals surface area contributed by atoms with Gasteiger partial charge >= 0.3 is 0 Å². The lowest BCUT2D eigenvalue weighted by molar-refractivity contribution is 0.669. The molecule has 0 atom stereocenters. The van der Waals surface area contributed by atoms with Crippen molar-refractivity contribution in [2.45, 2.75) is 0 Å². The molecule has 0 aliphatic rings. The quantitative estimate of drug-likeness (QED) is 0.173. The number of hydrogen-bond donors (Lipinski definition) is 0. The van der Waals surface area contributed by atoms with Crippen LogP contribution < -0.4 is 0 Å². The van der Waals surface area contributed by atoms with Crippen LogP contribution in [-0.4, -0.2) is 24.1 Å². The zero-order valence-corrected chi connectivity index (χ0v) is 34.9. The molecule has 64 heavy (non-hydrogen) atoms. The molecule has 0 fully saturated rings. The fraction of sp³-hybridized carbons (Fsp3) is 0. The van der Waals surface area contributed by atoms with Gasteiger partial charge in [-0.25, -0.2) is 15.0 Å². The maximum Gasteiger partial charge on any atom is 0.164 e. The van der Waals surface area contributed by atoms with Gasteiger partial charge in [0.15, 0.2) is 17.5 Å². The van der Waals surface area contributed by atoms with Crippen molar-refractivity contribution < 1.29 is 4.42 Å². The molecule has 14 rings (SSSR count). The van der Waals surface area contributed by atoms with Crippen LogP contribution in [-0.2, 0) is 0 Å². The number of thiophene rings is 1. The highest BCUT2D eigenvalue weighted by Crippen LogP contribution is 2.42. The SMILES string of the molecule is c1ccc(-n2c3ccccc3c3cccc(-n4c5ccccc5c5ccc(-c6nc(-c7ccc8c(c7)sc7ccccc78)nc(-c7ccc8oc9ccccc9c8c7)n6)cc54)c32)cc1. The Balaban J connectivity index is 1.02. The molecule has 5 heterocycles. The topological polar surface area (TPSA) is 61.7 Å². The monoisotopic (exact) mass is 835 g/mol. The second-order valence-electron chi connectivity index (χ2n) is 16.4. The minimum absolute atomic E-state index is 0.599. The summed E-state index contributed by atoms with van der Waals surface area (Å²) in [7, 11) is 0. The molecular formula is C57H33N5OS. The van der Waals surface area contributed by atoms with Gasteiger partial charge in [-0.15, -0.1) is 11.3 Å². The van der Waals surface area contributed by atoms with Gasteiger partial charge in [-0.3, -0.25) is 0 Å². The molecule has 0 saturated heterocycles. The summed E-state index contributed by atoms with van der Waals surface area (Å²) in [4.78, 5) is 15.8. The Morgan fingerprint density at radius 3 is 1.69 bits per heavy atom. The minimum Gasteiger partial charge on any atom is -0.456 e. The smallest absolute Gasteiger partial charge is 0.164 e. The number of nitrogens with zero attached hydrogens (tertiary/aromatic N) is 5. The van der Waals surface area contributed by atoms with Crippen molar-refractivity contribution in [3.63, 3.8) is 0 Å². The lowest BCUT2D eigenvalue weighted by atomic mass is 10.1. The Morgan fingerprint density at radius 1 is 0.344 bits per heavy atom. The molecule has 9 aromatic carbocycles. The number of furan rings is 1. The fourth-order valence-corrected chi connectivity index (χ4v) is 11.0. The summed E-state index contributed by atoms with van der Waals surface area (Å²) in [6, 6.07) is 70.9. The van der Waals surface area contributed by atoms with E-state index in [1.807, 2.05) is 24.3 Å². The van der Waals surface area contributed by atoms with E-state index in [2.05, 4.69) is 185 Å². The predicted molar refractivity (Wildman–Crippen MR) is 265 cm³/mol. The van der Waals surface area contributed by atoms with Crippen LogP contribution in [0.25, 0.3) is 131 Å². The summed E-state index contributed by atoms with van der Waals surface area (Å²) < 4.78 is 13.5. The van der Waals surface area contributed by atoms with E-state index in [4.69, 9.17) is 19.4 Å². The summed E-state index contributed by atoms with van der Waals surface area (Å²) in [5.41, 5.74) is 11.1. The Hall–Kier alpha value is -8.39. The molecule has 0 saturated carbocycles. The van der Waals surface area contributed by atoms with E-state index in [9.17, 15) is 0 Å². The lowest BCUT2D eigenvalue weighted by Gasteiger charge is -2.14. The van der Waals surface area contributed by atoms with Crippen LogP contribution in [0.2, 0.25) is 0 Å². The third kappa shape index (κ3) is 5.22. The van der Waals surface area contributed by atoms with Gasteiger partial charge in [-0.05, 0) is 72.8 Å². The van der Waals surface area contributed by atoms with E-state index in [1.165, 1.54) is 41.8 Å². The number of para-hydroxylation sites is 5. The molecule has 0 unspecified atom stereocenters. The van der Waals surface area contributed by atoms with Gasteiger partial charge in [-0.2, -0.15) is 0 Å². The van der Waals surface area contributed by atoms with Crippen molar-refractivity contribution in [1.82, 2.24) is 24.1 Å². The highest BCUT2D eigenvalue weighted by Gasteiger charge is 2.22. The number of rotatable bonds is 5. The number of benzene rings is 9. The Morgan fingerprint density at radius 2 is 0.891 bits per heavy atom. The van der Waals surface area contributed by atoms with Gasteiger partial charge in [0.2, 0.25) is 0 Å². The molecule has 0 aliphatic carbocycles. The Kier molecular flexibility index (Phi) is 7.46. The first-order valence-corrected chi connectivity index (χ1v) is 22.2. The van der Waals surface area contributed by atoms with Gasteiger partial charge in [0, 0.05) is 74.9 Å². The third-order valence-corrected chi connectivity index (χ3v) is 13.9. The van der Waals surface area contributed by atoms with Crippen molar-refractivity contribution in [2.24, 2.45) is 0 Å². The Bertz CT molecular complexity index is 4210. The maximum absolute atomic E-state index is 6.23. The largest absolute Gasteiger partial charge is 0.456 e. The fourth-order valence-electron chi connectivity index (χ4n) is 9.89. The molecule has 5 aromatic heterocycles. The first-order chi connectivity index (χ1) is 31.7. The summed E-state index contributed by atoms with van der Waals surface area (Å²) in [5.74, 6) is 1.82. The molecule has 14 aromatic rings. The Labute approximate surface area is 369 Å². The van der Waals surface area contributed by atoms with E-state index in [-0.39, 0.29) is 0 Å². The molecule has 0 N–H and O–H groups in total. The van der Waals surface area contributed by atoms with E-state index >= 15 is 0 Å². The van der Waals surface area contributed by atoms with Crippen molar-refractivity contribution in [2.75, 3.05) is 0 Å². The van der Waals surface area contributed by atoms with Gasteiger partial charge in [-0.1, -0.05) is 127 Å². The van der Waals surface area contributed by atoms with Crippen molar-refractivity contribution in [3.8, 4) is 45.5 Å². The first kappa shape index (κ1) is 35.2. The molecule has 0 aliphatic heterocycles. The molecule has 298 valence electrons. The van der Waals surface area contributed by atoms with Crippen LogP contribution in [0.5, 0.6) is 0 Å². The summed E-state index contributed by atoms with van der Waals surface area (Å²) in [6.07, 6.45) is 0. The number of aromatic nitrogens is 5. The van der Waals surface area contributed by atoms with Crippen molar-refractivity contribution >= 4 is 97.1 Å². The zero-order valence-electron chi connectivity index (χ0n) is 34.1. The standard InChI is InChI=1S/C57H33N5OS/c1-2-13-37(14-3-1)61-46-20-8-5-16-39(46)44-19-12-22-48(54(44)61)62-47-21-9-4-15-38(47)40-28-25-35(32-49(40)62)56-58-55(34-27-30-51-45(31-34)41-17-6-10-23-50(41)63-51)59-57(60-56)36-26-29-43-42-18-7-11-24-52(42)64-53(43)33-36/h1-33H. The predicted octanol–water partition coefficient (Wildman–Crippen LogP) is 15.3. The van der Waals surface area contributed by atoms with Crippen LogP contribution in [0.15, 0.2) is 205 Å². The highest BCUT2D eigenvalue weighted by atomic mass is 32.1.